The molecule has 3 fully saturated rings. The molecule has 192 valence electrons. The van der Waals surface area contributed by atoms with E-state index in [1.165, 1.54) is 6.07 Å². The maximum absolute atomic E-state index is 13.7. The quantitative estimate of drug-likeness (QED) is 0.357. The number of hydrogen-bond acceptors (Lipinski definition) is 9. The summed E-state index contributed by atoms with van der Waals surface area (Å²) in [6, 6.07) is 3.74. The Hall–Kier alpha value is -2.41. The van der Waals surface area contributed by atoms with Crippen molar-refractivity contribution < 1.29 is 23.4 Å². The predicted molar refractivity (Wildman–Crippen MR) is 129 cm³/mol. The minimum Gasteiger partial charge on any atom is -0.390 e. The summed E-state index contributed by atoms with van der Waals surface area (Å²) >= 11 is 1.54. The van der Waals surface area contributed by atoms with Crippen LogP contribution in [-0.2, 0) is 9.47 Å². The molecule has 2 aromatic heterocycles. The van der Waals surface area contributed by atoms with Crippen LogP contribution in [0.4, 0.5) is 14.6 Å². The van der Waals surface area contributed by atoms with Crippen LogP contribution in [0, 0.1) is 11.6 Å². The van der Waals surface area contributed by atoms with Crippen LogP contribution >= 0.6 is 11.8 Å². The second-order valence-electron chi connectivity index (χ2n) is 10.1. The minimum atomic E-state index is -0.852. The van der Waals surface area contributed by atoms with Crippen LogP contribution in [0.25, 0.3) is 11.2 Å². The Balaban J connectivity index is 1.32. The largest absolute Gasteiger partial charge is 0.390 e. The number of aromatic nitrogens is 5. The normalized spacial score (nSPS) is 30.6. The summed E-state index contributed by atoms with van der Waals surface area (Å²) in [6.45, 7) is 5.75. The van der Waals surface area contributed by atoms with Gasteiger partial charge in [0.2, 0.25) is 0 Å². The fourth-order valence-corrected chi connectivity index (χ4v) is 5.89. The lowest BCUT2D eigenvalue weighted by Gasteiger charge is -2.22. The van der Waals surface area contributed by atoms with Crippen molar-refractivity contribution in [1.29, 1.82) is 0 Å². The van der Waals surface area contributed by atoms with Gasteiger partial charge in [-0.05, 0) is 44.4 Å². The summed E-state index contributed by atoms with van der Waals surface area (Å²) in [6.07, 6.45) is 0.639. The molecule has 2 aliphatic carbocycles. The summed E-state index contributed by atoms with van der Waals surface area (Å²) in [5.74, 6) is -1.04. The van der Waals surface area contributed by atoms with Crippen LogP contribution in [0.15, 0.2) is 23.4 Å². The van der Waals surface area contributed by atoms with Gasteiger partial charge < -0.3 is 19.9 Å². The van der Waals surface area contributed by atoms with Gasteiger partial charge in [-0.1, -0.05) is 30.0 Å². The van der Waals surface area contributed by atoms with E-state index in [9.17, 15) is 13.9 Å². The van der Waals surface area contributed by atoms with Crippen molar-refractivity contribution >= 4 is 28.7 Å². The van der Waals surface area contributed by atoms with Crippen molar-refractivity contribution in [3.63, 3.8) is 0 Å². The molecule has 0 spiro atoms. The zero-order valence-electron chi connectivity index (χ0n) is 20.2. The number of anilines is 1. The lowest BCUT2D eigenvalue weighted by molar-refractivity contribution is -0.165. The highest BCUT2D eigenvalue weighted by Gasteiger charge is 2.55. The fourth-order valence-electron chi connectivity index (χ4n) is 5.20. The number of aliphatic hydroxyl groups excluding tert-OH is 1. The Morgan fingerprint density at radius 1 is 1.17 bits per heavy atom. The van der Waals surface area contributed by atoms with Crippen molar-refractivity contribution in [2.75, 3.05) is 11.1 Å². The zero-order valence-corrected chi connectivity index (χ0v) is 21.0. The molecule has 12 heteroatoms. The number of fused-ring (bicyclic) bond motifs is 2. The monoisotopic (exact) mass is 518 g/mol. The molecular weight excluding hydrogens is 490 g/mol. The van der Waals surface area contributed by atoms with Crippen LogP contribution in [0.2, 0.25) is 0 Å². The second-order valence-corrected chi connectivity index (χ2v) is 11.2. The molecule has 3 aromatic rings. The topological polar surface area (TPSA) is 107 Å². The second kappa shape index (κ2) is 8.86. The Morgan fingerprint density at radius 3 is 2.75 bits per heavy atom. The van der Waals surface area contributed by atoms with Gasteiger partial charge in [0.05, 0.1) is 12.1 Å². The molecule has 6 rings (SSSR count). The number of aliphatic hydroxyl groups is 1. The van der Waals surface area contributed by atoms with Gasteiger partial charge in [-0.25, -0.2) is 23.4 Å². The Bertz CT molecular complexity index is 1310. The number of nitrogens with zero attached hydrogens (tertiary/aromatic N) is 5. The maximum atomic E-state index is 13.7. The third-order valence-corrected chi connectivity index (χ3v) is 8.00. The lowest BCUT2D eigenvalue weighted by Crippen LogP contribution is -2.29. The van der Waals surface area contributed by atoms with Gasteiger partial charge in [0.1, 0.15) is 12.2 Å². The number of hydrogen-bond donors (Lipinski definition) is 2. The highest BCUT2D eigenvalue weighted by molar-refractivity contribution is 7.99. The molecule has 6 atom stereocenters. The number of nitrogens with one attached hydrogen (secondary N) is 1. The molecule has 3 heterocycles. The van der Waals surface area contributed by atoms with Crippen molar-refractivity contribution in [2.24, 2.45) is 0 Å². The molecule has 2 N–H and O–H groups in total. The van der Waals surface area contributed by atoms with Crippen LogP contribution in [0.3, 0.4) is 0 Å². The Morgan fingerprint density at radius 2 is 1.97 bits per heavy atom. The highest BCUT2D eigenvalue weighted by atomic mass is 32.2. The first kappa shape index (κ1) is 24.0. The van der Waals surface area contributed by atoms with E-state index in [1.807, 2.05) is 13.8 Å². The average molecular weight is 519 g/mol. The van der Waals surface area contributed by atoms with Crippen LogP contribution < -0.4 is 5.32 Å². The van der Waals surface area contributed by atoms with Crippen LogP contribution in [0.5, 0.6) is 0 Å². The summed E-state index contributed by atoms with van der Waals surface area (Å²) < 4.78 is 40.9. The molecule has 1 aromatic carbocycles. The van der Waals surface area contributed by atoms with E-state index >= 15 is 0 Å². The van der Waals surface area contributed by atoms with Gasteiger partial charge in [-0.3, -0.25) is 0 Å². The van der Waals surface area contributed by atoms with E-state index in [4.69, 9.17) is 19.4 Å². The molecule has 0 bridgehead atoms. The summed E-state index contributed by atoms with van der Waals surface area (Å²) in [4.78, 5) is 9.47. The number of halogens is 2. The van der Waals surface area contributed by atoms with Gasteiger partial charge in [0, 0.05) is 24.1 Å². The summed E-state index contributed by atoms with van der Waals surface area (Å²) in [7, 11) is 0. The van der Waals surface area contributed by atoms with Crippen LogP contribution in [0.1, 0.15) is 57.6 Å². The summed E-state index contributed by atoms with van der Waals surface area (Å²) in [5, 5.41) is 23.5. The Labute approximate surface area is 211 Å². The molecular formula is C24H28F2N6O3S. The molecule has 9 nitrogen and oxygen atoms in total. The smallest absolute Gasteiger partial charge is 0.191 e. The van der Waals surface area contributed by atoms with Gasteiger partial charge in [0.25, 0.3) is 0 Å². The molecule has 0 amide bonds. The number of thioether (sulfide) groups is 1. The molecule has 1 aliphatic heterocycles. The third kappa shape index (κ3) is 4.23. The number of benzene rings is 1. The van der Waals surface area contributed by atoms with Crippen molar-refractivity contribution in [2.45, 2.75) is 87.3 Å². The van der Waals surface area contributed by atoms with Gasteiger partial charge in [-0.2, -0.15) is 0 Å². The number of ether oxygens (including phenoxy) is 2. The lowest BCUT2D eigenvalue weighted by atomic mass is 10.1. The van der Waals surface area contributed by atoms with Crippen molar-refractivity contribution in [3.8, 4) is 0 Å². The SMILES string of the molecule is CCCSc1nc(N[C@@H]2C[C@H]2c2ccc(F)c(F)c2)c2nnn([C@@H]3C[C@H](O)[C@H]4OC(C)(C)O[C@H]43)c2n1. The molecule has 2 saturated carbocycles. The van der Waals surface area contributed by atoms with E-state index in [0.29, 0.717) is 28.6 Å². The molecule has 1 saturated heterocycles. The van der Waals surface area contributed by atoms with Crippen LogP contribution in [-0.4, -0.2) is 66.0 Å². The first-order valence-electron chi connectivity index (χ1n) is 12.2. The molecule has 3 aliphatic rings. The highest BCUT2D eigenvalue weighted by Crippen LogP contribution is 2.46. The third-order valence-electron chi connectivity index (χ3n) is 6.94. The zero-order chi connectivity index (χ0) is 25.2. The minimum absolute atomic E-state index is 0.00665. The Kier molecular flexibility index (Phi) is 5.90. The standard InChI is InChI=1S/C24H28F2N6O3S/c1-4-7-36-23-28-21(27-15-9-12(15)11-5-6-13(25)14(26)8-11)18-22(29-23)32(31-30-18)16-10-17(33)20-19(16)34-24(2,3)35-20/h5-6,8,12,15-17,19-20,33H,4,7,9-10H2,1-3H3,(H,27,28,29)/t12-,15+,16+,17-,19-,20+/m0/s1. The first-order valence-corrected chi connectivity index (χ1v) is 13.2. The first-order chi connectivity index (χ1) is 17.2. The number of rotatable bonds is 7. The predicted octanol–water partition coefficient (Wildman–Crippen LogP) is 3.80. The van der Waals surface area contributed by atoms with E-state index in [0.717, 1.165) is 30.2 Å². The van der Waals surface area contributed by atoms with Crippen molar-refractivity contribution in [1.82, 2.24) is 25.0 Å². The summed E-state index contributed by atoms with van der Waals surface area (Å²) in [5.41, 5.74) is 1.82. The average Bonchev–Trinajstić information content (AvgIpc) is 3.19. The molecule has 0 unspecified atom stereocenters. The van der Waals surface area contributed by atoms with Gasteiger partial charge in [0.15, 0.2) is 39.6 Å². The maximum Gasteiger partial charge on any atom is 0.191 e. The molecule has 0 radical (unpaired) electrons. The van der Waals surface area contributed by atoms with E-state index in [1.54, 1.807) is 22.5 Å². The van der Waals surface area contributed by atoms with E-state index < -0.39 is 29.6 Å². The van der Waals surface area contributed by atoms with E-state index in [2.05, 4.69) is 22.6 Å². The fraction of sp³-hybridized carbons (Fsp3) is 0.583. The van der Waals surface area contributed by atoms with Crippen molar-refractivity contribution in [3.05, 3.63) is 35.4 Å². The van der Waals surface area contributed by atoms with Gasteiger partial charge >= 0.3 is 0 Å². The van der Waals surface area contributed by atoms with Gasteiger partial charge in [-0.15, -0.1) is 5.10 Å². The van der Waals surface area contributed by atoms with E-state index in [-0.39, 0.29) is 24.1 Å². The molecule has 36 heavy (non-hydrogen) atoms.